The molecule has 1 aliphatic heterocycles. The highest BCUT2D eigenvalue weighted by atomic mass is 32.1. The molecular formula is C31H30N2O5S. The maximum absolute atomic E-state index is 14.1. The highest BCUT2D eigenvalue weighted by Crippen LogP contribution is 2.41. The van der Waals surface area contributed by atoms with Gasteiger partial charge in [0, 0.05) is 5.56 Å². The SMILES string of the molecule is CCCC1=C(C(=O)OCC)C(c2c(OC)ccc3ccccc23)n2c(s/c(=C/c3cccc(OC)c3)c2=O)=N1. The first-order valence-electron chi connectivity index (χ1n) is 12.9. The first-order chi connectivity index (χ1) is 19.0. The Bertz CT molecular complexity index is 1770. The predicted octanol–water partition coefficient (Wildman–Crippen LogP) is 4.75. The van der Waals surface area contributed by atoms with E-state index >= 15 is 0 Å². The molecule has 1 aromatic heterocycles. The normalized spacial score (nSPS) is 15.2. The highest BCUT2D eigenvalue weighted by Gasteiger charge is 2.37. The molecule has 0 fully saturated rings. The van der Waals surface area contributed by atoms with Gasteiger partial charge in [-0.25, -0.2) is 9.79 Å². The third kappa shape index (κ3) is 4.88. The van der Waals surface area contributed by atoms with Crippen molar-refractivity contribution in [2.24, 2.45) is 4.99 Å². The summed E-state index contributed by atoms with van der Waals surface area (Å²) in [5.74, 6) is 0.803. The molecule has 3 aromatic carbocycles. The van der Waals surface area contributed by atoms with Gasteiger partial charge in [-0.2, -0.15) is 0 Å². The third-order valence-electron chi connectivity index (χ3n) is 6.71. The third-order valence-corrected chi connectivity index (χ3v) is 7.69. The molecule has 0 aliphatic carbocycles. The molecule has 0 spiro atoms. The van der Waals surface area contributed by atoms with Crippen molar-refractivity contribution in [3.05, 3.63) is 103 Å². The van der Waals surface area contributed by atoms with Crippen LogP contribution in [0.25, 0.3) is 16.8 Å². The Balaban J connectivity index is 1.87. The number of aromatic nitrogens is 1. The van der Waals surface area contributed by atoms with Crippen LogP contribution in [0.1, 0.15) is 43.9 Å². The van der Waals surface area contributed by atoms with Gasteiger partial charge in [-0.15, -0.1) is 0 Å². The summed E-state index contributed by atoms with van der Waals surface area (Å²) in [6, 6.07) is 18.5. The molecular weight excluding hydrogens is 512 g/mol. The van der Waals surface area contributed by atoms with Gasteiger partial charge < -0.3 is 14.2 Å². The fourth-order valence-electron chi connectivity index (χ4n) is 5.01. The molecule has 0 radical (unpaired) electrons. The summed E-state index contributed by atoms with van der Waals surface area (Å²) in [5, 5.41) is 1.87. The number of esters is 1. The molecule has 4 aromatic rings. The summed E-state index contributed by atoms with van der Waals surface area (Å²) in [6.45, 7) is 4.02. The summed E-state index contributed by atoms with van der Waals surface area (Å²) in [4.78, 5) is 33.1. The Hall–Kier alpha value is -4.17. The molecule has 7 nitrogen and oxygen atoms in total. The van der Waals surface area contributed by atoms with Crippen LogP contribution >= 0.6 is 11.3 Å². The van der Waals surface area contributed by atoms with E-state index in [9.17, 15) is 9.59 Å². The zero-order valence-electron chi connectivity index (χ0n) is 22.4. The van der Waals surface area contributed by atoms with Crippen LogP contribution < -0.4 is 24.4 Å². The second-order valence-corrected chi connectivity index (χ2v) is 10.1. The van der Waals surface area contributed by atoms with Crippen molar-refractivity contribution in [1.29, 1.82) is 0 Å². The number of allylic oxidation sites excluding steroid dienone is 1. The van der Waals surface area contributed by atoms with Crippen LogP contribution in [-0.4, -0.2) is 31.4 Å². The van der Waals surface area contributed by atoms with E-state index < -0.39 is 12.0 Å². The number of thiazole rings is 1. The Kier molecular flexibility index (Phi) is 7.65. The molecule has 1 atom stereocenters. The largest absolute Gasteiger partial charge is 0.497 e. The monoisotopic (exact) mass is 542 g/mol. The number of fused-ring (bicyclic) bond motifs is 2. The average molecular weight is 543 g/mol. The number of ether oxygens (including phenoxy) is 3. The summed E-state index contributed by atoms with van der Waals surface area (Å²) in [7, 11) is 3.21. The topological polar surface area (TPSA) is 79.1 Å². The number of carbonyl (C=O) groups excluding carboxylic acids is 1. The molecule has 0 saturated carbocycles. The molecule has 1 unspecified atom stereocenters. The van der Waals surface area contributed by atoms with Crippen LogP contribution in [0.3, 0.4) is 0 Å². The van der Waals surface area contributed by atoms with E-state index in [1.54, 1.807) is 25.7 Å². The lowest BCUT2D eigenvalue weighted by atomic mass is 9.90. The van der Waals surface area contributed by atoms with E-state index in [-0.39, 0.29) is 12.2 Å². The predicted molar refractivity (Wildman–Crippen MR) is 153 cm³/mol. The maximum Gasteiger partial charge on any atom is 0.338 e. The van der Waals surface area contributed by atoms with Crippen molar-refractivity contribution in [2.45, 2.75) is 32.7 Å². The molecule has 2 heterocycles. The van der Waals surface area contributed by atoms with Gasteiger partial charge >= 0.3 is 5.97 Å². The van der Waals surface area contributed by atoms with Gasteiger partial charge in [-0.05, 0) is 54.0 Å². The van der Waals surface area contributed by atoms with Gasteiger partial charge in [0.15, 0.2) is 4.80 Å². The van der Waals surface area contributed by atoms with E-state index in [4.69, 9.17) is 19.2 Å². The second kappa shape index (κ2) is 11.3. The van der Waals surface area contributed by atoms with Gasteiger partial charge in [0.05, 0.1) is 36.6 Å². The minimum absolute atomic E-state index is 0.210. The van der Waals surface area contributed by atoms with Crippen molar-refractivity contribution < 1.29 is 19.0 Å². The molecule has 0 N–H and O–H groups in total. The number of carbonyl (C=O) groups is 1. The second-order valence-electron chi connectivity index (χ2n) is 9.09. The lowest BCUT2D eigenvalue weighted by molar-refractivity contribution is -0.139. The molecule has 39 heavy (non-hydrogen) atoms. The van der Waals surface area contributed by atoms with E-state index in [2.05, 4.69) is 0 Å². The number of methoxy groups -OCH3 is 2. The average Bonchev–Trinajstić information content (AvgIpc) is 3.26. The van der Waals surface area contributed by atoms with Gasteiger partial charge in [0.2, 0.25) is 0 Å². The number of hydrogen-bond donors (Lipinski definition) is 0. The Morgan fingerprint density at radius 1 is 1.05 bits per heavy atom. The maximum atomic E-state index is 14.1. The Morgan fingerprint density at radius 2 is 1.87 bits per heavy atom. The van der Waals surface area contributed by atoms with E-state index in [0.717, 1.165) is 28.3 Å². The van der Waals surface area contributed by atoms with Gasteiger partial charge in [0.25, 0.3) is 5.56 Å². The van der Waals surface area contributed by atoms with E-state index in [0.29, 0.717) is 38.5 Å². The van der Waals surface area contributed by atoms with Crippen LogP contribution in [-0.2, 0) is 9.53 Å². The lowest BCUT2D eigenvalue weighted by Crippen LogP contribution is -2.40. The standard InChI is InChI=1S/C31H30N2O5S/c1-5-10-23-27(30(35)38-6-2)28(26-22-14-8-7-12-20(22)15-16-24(26)37-4)33-29(34)25(39-31(33)32-23)18-19-11-9-13-21(17-19)36-3/h7-9,11-18,28H,5-6,10H2,1-4H3/b25-18+. The Labute approximate surface area is 230 Å². The van der Waals surface area contributed by atoms with E-state index in [1.807, 2.05) is 73.7 Å². The summed E-state index contributed by atoms with van der Waals surface area (Å²) in [5.41, 5.74) is 2.33. The first-order valence-corrected chi connectivity index (χ1v) is 13.7. The van der Waals surface area contributed by atoms with Crippen LogP contribution in [0, 0.1) is 0 Å². The number of hydrogen-bond acceptors (Lipinski definition) is 7. The lowest BCUT2D eigenvalue weighted by Gasteiger charge is -2.28. The van der Waals surface area contributed by atoms with Gasteiger partial charge in [-0.3, -0.25) is 9.36 Å². The number of rotatable bonds is 8. The number of benzene rings is 3. The first kappa shape index (κ1) is 26.4. The molecule has 0 amide bonds. The molecule has 8 heteroatoms. The van der Waals surface area contributed by atoms with Crippen molar-refractivity contribution in [1.82, 2.24) is 4.57 Å². The zero-order valence-corrected chi connectivity index (χ0v) is 23.2. The fraction of sp³-hybridized carbons (Fsp3) is 0.258. The van der Waals surface area contributed by atoms with Crippen molar-refractivity contribution >= 4 is 34.2 Å². The number of nitrogens with zero attached hydrogens (tertiary/aromatic N) is 2. The molecule has 200 valence electrons. The molecule has 5 rings (SSSR count). The molecule has 1 aliphatic rings. The summed E-state index contributed by atoms with van der Waals surface area (Å²) < 4.78 is 18.9. The van der Waals surface area contributed by atoms with Crippen molar-refractivity contribution in [3.63, 3.8) is 0 Å². The fourth-order valence-corrected chi connectivity index (χ4v) is 6.03. The quantitative estimate of drug-likeness (QED) is 0.300. The summed E-state index contributed by atoms with van der Waals surface area (Å²) in [6.07, 6.45) is 3.18. The highest BCUT2D eigenvalue weighted by molar-refractivity contribution is 7.07. The van der Waals surface area contributed by atoms with Gasteiger partial charge in [0.1, 0.15) is 17.5 Å². The minimum atomic E-state index is -0.768. The van der Waals surface area contributed by atoms with Crippen molar-refractivity contribution in [3.8, 4) is 11.5 Å². The van der Waals surface area contributed by atoms with Crippen LogP contribution in [0.2, 0.25) is 0 Å². The smallest absolute Gasteiger partial charge is 0.338 e. The van der Waals surface area contributed by atoms with Crippen molar-refractivity contribution in [2.75, 3.05) is 20.8 Å². The molecule has 0 bridgehead atoms. The van der Waals surface area contributed by atoms with Crippen LogP contribution in [0.15, 0.2) is 81.7 Å². The minimum Gasteiger partial charge on any atom is -0.497 e. The van der Waals surface area contributed by atoms with Crippen LogP contribution in [0.5, 0.6) is 11.5 Å². The van der Waals surface area contributed by atoms with E-state index in [1.165, 1.54) is 11.3 Å². The Morgan fingerprint density at radius 3 is 2.62 bits per heavy atom. The van der Waals surface area contributed by atoms with Crippen LogP contribution in [0.4, 0.5) is 0 Å². The molecule has 0 saturated heterocycles. The van der Waals surface area contributed by atoms with Gasteiger partial charge in [-0.1, -0.05) is 67.1 Å². The zero-order chi connectivity index (χ0) is 27.5. The summed E-state index contributed by atoms with van der Waals surface area (Å²) >= 11 is 1.30.